The van der Waals surface area contributed by atoms with Gasteiger partial charge < -0.3 is 0 Å². The molecule has 1 N–H and O–H groups in total. The topological polar surface area (TPSA) is 59.1 Å². The van der Waals surface area contributed by atoms with Gasteiger partial charge in [0, 0.05) is 10.7 Å². The summed E-state index contributed by atoms with van der Waals surface area (Å²) >= 11 is 3.35. The van der Waals surface area contributed by atoms with Crippen molar-refractivity contribution in [3.05, 3.63) is 52.3 Å². The fraction of sp³-hybridized carbons (Fsp3) is 0.154. The number of sulfonamides is 1. The van der Waals surface area contributed by atoms with Crippen molar-refractivity contribution in [2.45, 2.75) is 18.7 Å². The summed E-state index contributed by atoms with van der Waals surface area (Å²) in [6.07, 6.45) is 1.62. The third-order valence-electron chi connectivity index (χ3n) is 2.69. The Bertz CT molecular complexity index is 714. The van der Waals surface area contributed by atoms with E-state index in [-0.39, 0.29) is 4.90 Å². The number of aromatic nitrogens is 1. The summed E-state index contributed by atoms with van der Waals surface area (Å²) in [6.45, 7) is 3.60. The molecule has 6 heteroatoms. The maximum atomic E-state index is 12.3. The van der Waals surface area contributed by atoms with Crippen molar-refractivity contribution in [3.63, 3.8) is 0 Å². The van der Waals surface area contributed by atoms with Gasteiger partial charge in [-0.2, -0.15) is 0 Å². The number of halogens is 1. The molecule has 0 fully saturated rings. The van der Waals surface area contributed by atoms with E-state index in [1.165, 1.54) is 0 Å². The molecule has 0 unspecified atom stereocenters. The fourth-order valence-corrected chi connectivity index (χ4v) is 3.03. The Hall–Kier alpha value is -1.40. The quantitative estimate of drug-likeness (QED) is 0.932. The van der Waals surface area contributed by atoms with Gasteiger partial charge in [-0.1, -0.05) is 15.9 Å². The van der Waals surface area contributed by atoms with Crippen molar-refractivity contribution in [1.82, 2.24) is 4.98 Å². The second-order valence-corrected chi connectivity index (χ2v) is 6.69. The molecule has 0 aliphatic heterocycles. The number of nitrogens with zero attached hydrogens (tertiary/aromatic N) is 1. The average molecular weight is 341 g/mol. The van der Waals surface area contributed by atoms with Crippen LogP contribution in [0.25, 0.3) is 0 Å². The van der Waals surface area contributed by atoms with Crippen LogP contribution in [-0.2, 0) is 10.0 Å². The van der Waals surface area contributed by atoms with Crippen LogP contribution >= 0.6 is 15.9 Å². The normalized spacial score (nSPS) is 11.3. The van der Waals surface area contributed by atoms with Crippen LogP contribution in [0, 0.1) is 13.8 Å². The Morgan fingerprint density at radius 2 is 1.95 bits per heavy atom. The number of nitrogens with one attached hydrogen (secondary N) is 1. The smallest absolute Gasteiger partial charge is 0.261 e. The van der Waals surface area contributed by atoms with Crippen LogP contribution in [0.2, 0.25) is 0 Å². The van der Waals surface area contributed by atoms with E-state index in [1.807, 2.05) is 6.92 Å². The minimum absolute atomic E-state index is 0.233. The number of rotatable bonds is 3. The summed E-state index contributed by atoms with van der Waals surface area (Å²) in [6, 6.07) is 8.28. The number of aryl methyl sites for hydroxylation is 2. The molecule has 0 radical (unpaired) electrons. The summed E-state index contributed by atoms with van der Waals surface area (Å²) in [5.41, 5.74) is 1.99. The maximum Gasteiger partial charge on any atom is 0.261 e. The molecule has 1 aromatic heterocycles. The van der Waals surface area contributed by atoms with Crippen molar-refractivity contribution in [2.24, 2.45) is 0 Å². The van der Waals surface area contributed by atoms with Gasteiger partial charge in [-0.15, -0.1) is 0 Å². The van der Waals surface area contributed by atoms with E-state index < -0.39 is 10.0 Å². The third kappa shape index (κ3) is 3.13. The van der Waals surface area contributed by atoms with Gasteiger partial charge in [0.05, 0.1) is 16.3 Å². The zero-order valence-electron chi connectivity index (χ0n) is 10.5. The lowest BCUT2D eigenvalue weighted by molar-refractivity contribution is 0.601. The molecular formula is C13H13BrN2O2S. The summed E-state index contributed by atoms with van der Waals surface area (Å²) in [5.74, 6) is 0. The van der Waals surface area contributed by atoms with Crippen molar-refractivity contribution in [2.75, 3.05) is 4.72 Å². The van der Waals surface area contributed by atoms with Crippen LogP contribution in [-0.4, -0.2) is 13.4 Å². The molecule has 0 spiro atoms. The molecule has 0 saturated carbocycles. The molecule has 0 aliphatic rings. The Morgan fingerprint density at radius 3 is 2.58 bits per heavy atom. The lowest BCUT2D eigenvalue weighted by Crippen LogP contribution is -2.14. The zero-order valence-corrected chi connectivity index (χ0v) is 12.9. The van der Waals surface area contributed by atoms with E-state index in [2.05, 4.69) is 25.6 Å². The summed E-state index contributed by atoms with van der Waals surface area (Å²) in [5, 5.41) is 0. The lowest BCUT2D eigenvalue weighted by atomic mass is 10.2. The van der Waals surface area contributed by atoms with Gasteiger partial charge in [0.2, 0.25) is 0 Å². The minimum atomic E-state index is -3.59. The van der Waals surface area contributed by atoms with Crippen LogP contribution in [0.4, 0.5) is 5.69 Å². The highest BCUT2D eigenvalue weighted by Crippen LogP contribution is 2.22. The van der Waals surface area contributed by atoms with E-state index in [0.717, 1.165) is 10.0 Å². The predicted octanol–water partition coefficient (Wildman–Crippen LogP) is 3.26. The Morgan fingerprint density at radius 1 is 1.21 bits per heavy atom. The van der Waals surface area contributed by atoms with Crippen molar-refractivity contribution >= 4 is 31.6 Å². The second kappa shape index (κ2) is 5.30. The molecule has 1 heterocycles. The van der Waals surface area contributed by atoms with Crippen molar-refractivity contribution in [3.8, 4) is 0 Å². The lowest BCUT2D eigenvalue weighted by Gasteiger charge is -2.10. The minimum Gasteiger partial charge on any atom is -0.278 e. The van der Waals surface area contributed by atoms with Crippen LogP contribution < -0.4 is 4.72 Å². The van der Waals surface area contributed by atoms with Gasteiger partial charge in [0.25, 0.3) is 10.0 Å². The first-order valence-corrected chi connectivity index (χ1v) is 7.88. The second-order valence-electron chi connectivity index (χ2n) is 4.15. The number of pyridine rings is 1. The highest BCUT2D eigenvalue weighted by atomic mass is 79.9. The molecule has 2 aromatic rings. The Kier molecular flexibility index (Phi) is 3.91. The number of anilines is 1. The molecular weight excluding hydrogens is 328 g/mol. The molecule has 2 rings (SSSR count). The molecule has 0 bridgehead atoms. The third-order valence-corrected chi connectivity index (χ3v) is 4.94. The Labute approximate surface area is 121 Å². The molecule has 0 amide bonds. The van der Waals surface area contributed by atoms with Gasteiger partial charge in [0.1, 0.15) is 0 Å². The molecule has 4 nitrogen and oxygen atoms in total. The van der Waals surface area contributed by atoms with E-state index in [4.69, 9.17) is 0 Å². The van der Waals surface area contributed by atoms with Gasteiger partial charge in [-0.05, 0) is 49.7 Å². The van der Waals surface area contributed by atoms with Crippen molar-refractivity contribution in [1.29, 1.82) is 0 Å². The number of benzene rings is 1. The molecule has 1 aromatic carbocycles. The molecule has 100 valence electrons. The number of hydrogen-bond donors (Lipinski definition) is 1. The van der Waals surface area contributed by atoms with Gasteiger partial charge in [-0.25, -0.2) is 8.42 Å². The molecule has 19 heavy (non-hydrogen) atoms. The first-order valence-electron chi connectivity index (χ1n) is 5.61. The average Bonchev–Trinajstić information content (AvgIpc) is 2.35. The first kappa shape index (κ1) is 14.0. The van der Waals surface area contributed by atoms with E-state index >= 15 is 0 Å². The monoisotopic (exact) mass is 340 g/mol. The highest BCUT2D eigenvalue weighted by Gasteiger charge is 2.16. The SMILES string of the molecule is Cc1cc(S(=O)(=O)Nc2cccnc2C)ccc1Br. The Balaban J connectivity index is 2.38. The standard InChI is InChI=1S/C13H13BrN2O2S/c1-9-8-11(5-6-12(9)14)19(17,18)16-13-4-3-7-15-10(13)2/h3-8,16H,1-2H3. The van der Waals surface area contributed by atoms with E-state index in [0.29, 0.717) is 11.4 Å². The van der Waals surface area contributed by atoms with Crippen LogP contribution in [0.3, 0.4) is 0 Å². The maximum absolute atomic E-state index is 12.3. The van der Waals surface area contributed by atoms with Gasteiger partial charge in [0.15, 0.2) is 0 Å². The van der Waals surface area contributed by atoms with Gasteiger partial charge >= 0.3 is 0 Å². The first-order chi connectivity index (χ1) is 8.90. The summed E-state index contributed by atoms with van der Waals surface area (Å²) in [7, 11) is -3.59. The summed E-state index contributed by atoms with van der Waals surface area (Å²) < 4.78 is 27.9. The number of hydrogen-bond acceptors (Lipinski definition) is 3. The van der Waals surface area contributed by atoms with Crippen LogP contribution in [0.1, 0.15) is 11.3 Å². The van der Waals surface area contributed by atoms with Crippen LogP contribution in [0.5, 0.6) is 0 Å². The van der Waals surface area contributed by atoms with E-state index in [9.17, 15) is 8.42 Å². The van der Waals surface area contributed by atoms with Crippen LogP contribution in [0.15, 0.2) is 45.9 Å². The predicted molar refractivity (Wildman–Crippen MR) is 78.7 cm³/mol. The molecule has 0 saturated heterocycles. The fourth-order valence-electron chi connectivity index (χ4n) is 1.58. The highest BCUT2D eigenvalue weighted by molar-refractivity contribution is 9.10. The largest absolute Gasteiger partial charge is 0.278 e. The van der Waals surface area contributed by atoms with Gasteiger partial charge in [-0.3, -0.25) is 9.71 Å². The zero-order chi connectivity index (χ0) is 14.0. The summed E-state index contributed by atoms with van der Waals surface area (Å²) in [4.78, 5) is 4.29. The van der Waals surface area contributed by atoms with E-state index in [1.54, 1.807) is 43.5 Å². The van der Waals surface area contributed by atoms with Crippen molar-refractivity contribution < 1.29 is 8.42 Å². The molecule has 0 atom stereocenters. The molecule has 0 aliphatic carbocycles.